The Labute approximate surface area is 137 Å². The van der Waals surface area contributed by atoms with Crippen LogP contribution in [0.25, 0.3) is 0 Å². The summed E-state index contributed by atoms with van der Waals surface area (Å²) in [5.74, 6) is -0.205. The maximum atomic E-state index is 13.6. The van der Waals surface area contributed by atoms with Crippen LogP contribution in [0.4, 0.5) is 4.39 Å². The van der Waals surface area contributed by atoms with E-state index in [0.717, 1.165) is 5.56 Å². The molecule has 3 nitrogen and oxygen atoms in total. The van der Waals surface area contributed by atoms with E-state index < -0.39 is 0 Å². The Kier molecular flexibility index (Phi) is 6.29. The quantitative estimate of drug-likeness (QED) is 0.848. The first-order chi connectivity index (χ1) is 11.1. The normalized spacial score (nSPS) is 12.2. The first-order valence-corrected chi connectivity index (χ1v) is 7.82. The van der Waals surface area contributed by atoms with Crippen molar-refractivity contribution in [2.45, 2.75) is 25.9 Å². The molecule has 0 aliphatic rings. The highest BCUT2D eigenvalue weighted by Crippen LogP contribution is 2.12. The van der Waals surface area contributed by atoms with Crippen LogP contribution in [0, 0.1) is 5.82 Å². The summed E-state index contributed by atoms with van der Waals surface area (Å²) in [6.07, 6.45) is 0.391. The third-order valence-electron chi connectivity index (χ3n) is 3.80. The van der Waals surface area contributed by atoms with Crippen molar-refractivity contribution >= 4 is 5.91 Å². The molecule has 2 aromatic rings. The third kappa shape index (κ3) is 5.49. The Morgan fingerprint density at radius 2 is 1.78 bits per heavy atom. The van der Waals surface area contributed by atoms with Crippen LogP contribution in [-0.2, 0) is 11.3 Å². The lowest BCUT2D eigenvalue weighted by Crippen LogP contribution is -2.30. The van der Waals surface area contributed by atoms with Crippen LogP contribution >= 0.6 is 0 Å². The molecule has 0 saturated carbocycles. The highest BCUT2D eigenvalue weighted by Gasteiger charge is 2.11. The molecule has 0 radical (unpaired) electrons. The monoisotopic (exact) mass is 314 g/mol. The van der Waals surface area contributed by atoms with E-state index in [9.17, 15) is 9.18 Å². The van der Waals surface area contributed by atoms with Crippen LogP contribution in [-0.4, -0.2) is 24.4 Å². The van der Waals surface area contributed by atoms with Crippen molar-refractivity contribution in [1.82, 2.24) is 10.2 Å². The zero-order chi connectivity index (χ0) is 16.7. The molecule has 0 spiro atoms. The summed E-state index contributed by atoms with van der Waals surface area (Å²) < 4.78 is 13.6. The minimum absolute atomic E-state index is 0.00161. The van der Waals surface area contributed by atoms with Crippen molar-refractivity contribution in [3.63, 3.8) is 0 Å². The highest BCUT2D eigenvalue weighted by molar-refractivity contribution is 5.76. The smallest absolute Gasteiger partial charge is 0.221 e. The lowest BCUT2D eigenvalue weighted by molar-refractivity contribution is -0.122. The summed E-state index contributed by atoms with van der Waals surface area (Å²) in [6.45, 7) is 3.05. The predicted octanol–water partition coefficient (Wildman–Crippen LogP) is 3.53. The van der Waals surface area contributed by atoms with Crippen molar-refractivity contribution in [3.05, 3.63) is 71.5 Å². The van der Waals surface area contributed by atoms with E-state index >= 15 is 0 Å². The van der Waals surface area contributed by atoms with Crippen molar-refractivity contribution in [2.24, 2.45) is 0 Å². The molecular formula is C19H23FN2O. The summed E-state index contributed by atoms with van der Waals surface area (Å²) in [5, 5.41) is 2.99. The van der Waals surface area contributed by atoms with E-state index in [-0.39, 0.29) is 17.8 Å². The molecule has 0 saturated heterocycles. The molecule has 0 aliphatic heterocycles. The Morgan fingerprint density at radius 1 is 1.13 bits per heavy atom. The van der Waals surface area contributed by atoms with Gasteiger partial charge in [-0.05, 0) is 25.6 Å². The summed E-state index contributed by atoms with van der Waals surface area (Å²) in [6, 6.07) is 16.6. The van der Waals surface area contributed by atoms with E-state index in [2.05, 4.69) is 5.32 Å². The Morgan fingerprint density at radius 3 is 2.48 bits per heavy atom. The maximum Gasteiger partial charge on any atom is 0.221 e. The molecule has 0 aliphatic carbocycles. The molecule has 1 amide bonds. The predicted molar refractivity (Wildman–Crippen MR) is 90.4 cm³/mol. The molecule has 0 heterocycles. The average molecular weight is 314 g/mol. The molecule has 0 aromatic heterocycles. The molecular weight excluding hydrogens is 291 g/mol. The summed E-state index contributed by atoms with van der Waals surface area (Å²) in [7, 11) is 1.89. The van der Waals surface area contributed by atoms with Crippen LogP contribution in [0.5, 0.6) is 0 Å². The van der Waals surface area contributed by atoms with Crippen molar-refractivity contribution in [1.29, 1.82) is 0 Å². The number of halogens is 1. The van der Waals surface area contributed by atoms with Crippen LogP contribution < -0.4 is 5.32 Å². The lowest BCUT2D eigenvalue weighted by Gasteiger charge is -2.18. The minimum atomic E-state index is -0.207. The fraction of sp³-hybridized carbons (Fsp3) is 0.316. The second kappa shape index (κ2) is 8.44. The van der Waals surface area contributed by atoms with Gasteiger partial charge in [-0.3, -0.25) is 4.79 Å². The van der Waals surface area contributed by atoms with Crippen LogP contribution in [0.2, 0.25) is 0 Å². The molecule has 0 bridgehead atoms. The Hall–Kier alpha value is -2.20. The van der Waals surface area contributed by atoms with Crippen LogP contribution in [0.15, 0.2) is 54.6 Å². The van der Waals surface area contributed by atoms with Crippen LogP contribution in [0.1, 0.15) is 30.5 Å². The number of rotatable bonds is 7. The van der Waals surface area contributed by atoms with Crippen LogP contribution in [0.3, 0.4) is 0 Å². The van der Waals surface area contributed by atoms with Gasteiger partial charge in [-0.15, -0.1) is 0 Å². The van der Waals surface area contributed by atoms with Gasteiger partial charge in [0.2, 0.25) is 5.91 Å². The van der Waals surface area contributed by atoms with Gasteiger partial charge in [-0.1, -0.05) is 48.5 Å². The highest BCUT2D eigenvalue weighted by atomic mass is 19.1. The van der Waals surface area contributed by atoms with Crippen molar-refractivity contribution in [2.75, 3.05) is 13.6 Å². The van der Waals surface area contributed by atoms with Gasteiger partial charge in [0.15, 0.2) is 0 Å². The first-order valence-electron chi connectivity index (χ1n) is 7.82. The van der Waals surface area contributed by atoms with Gasteiger partial charge < -0.3 is 10.2 Å². The van der Waals surface area contributed by atoms with Gasteiger partial charge in [0.25, 0.3) is 0 Å². The van der Waals surface area contributed by atoms with Gasteiger partial charge >= 0.3 is 0 Å². The number of benzene rings is 2. The summed E-state index contributed by atoms with van der Waals surface area (Å²) in [5.41, 5.74) is 1.73. The number of carbonyl (C=O) groups excluding carboxylic acids is 1. The van der Waals surface area contributed by atoms with Gasteiger partial charge in [0.05, 0.1) is 6.04 Å². The first kappa shape index (κ1) is 17.2. The molecule has 2 rings (SSSR count). The van der Waals surface area contributed by atoms with Gasteiger partial charge in [-0.25, -0.2) is 4.39 Å². The van der Waals surface area contributed by atoms with E-state index in [1.165, 1.54) is 6.07 Å². The van der Waals surface area contributed by atoms with E-state index in [0.29, 0.717) is 25.1 Å². The number of nitrogens with zero attached hydrogens (tertiary/aromatic N) is 1. The second-order valence-electron chi connectivity index (χ2n) is 5.78. The number of amides is 1. The zero-order valence-electron chi connectivity index (χ0n) is 13.6. The molecule has 2 aromatic carbocycles. The fourth-order valence-electron chi connectivity index (χ4n) is 2.43. The van der Waals surface area contributed by atoms with Gasteiger partial charge in [0, 0.05) is 25.1 Å². The zero-order valence-corrected chi connectivity index (χ0v) is 13.6. The molecule has 1 N–H and O–H groups in total. The fourth-order valence-corrected chi connectivity index (χ4v) is 2.43. The second-order valence-corrected chi connectivity index (χ2v) is 5.78. The minimum Gasteiger partial charge on any atom is -0.350 e. The molecule has 4 heteroatoms. The Balaban J connectivity index is 1.77. The average Bonchev–Trinajstić information content (AvgIpc) is 2.56. The largest absolute Gasteiger partial charge is 0.350 e. The summed E-state index contributed by atoms with van der Waals surface area (Å²) in [4.78, 5) is 14.0. The molecule has 0 fully saturated rings. The van der Waals surface area contributed by atoms with Gasteiger partial charge in [-0.2, -0.15) is 0 Å². The van der Waals surface area contributed by atoms with Gasteiger partial charge in [0.1, 0.15) is 5.82 Å². The number of carbonyl (C=O) groups is 1. The molecule has 23 heavy (non-hydrogen) atoms. The van der Waals surface area contributed by atoms with E-state index in [1.807, 2.05) is 55.3 Å². The lowest BCUT2D eigenvalue weighted by atomic mass is 10.1. The Bertz CT molecular complexity index is 630. The van der Waals surface area contributed by atoms with Crippen molar-refractivity contribution in [3.8, 4) is 0 Å². The summed E-state index contributed by atoms with van der Waals surface area (Å²) >= 11 is 0. The number of nitrogens with one attached hydrogen (secondary N) is 1. The topological polar surface area (TPSA) is 32.3 Å². The molecule has 122 valence electrons. The SMILES string of the molecule is CC(NC(=O)CCN(C)Cc1ccccc1F)c1ccccc1. The number of hydrogen-bond acceptors (Lipinski definition) is 2. The maximum absolute atomic E-state index is 13.6. The van der Waals surface area contributed by atoms with Crippen molar-refractivity contribution < 1.29 is 9.18 Å². The standard InChI is InChI=1S/C19H23FN2O/c1-15(16-8-4-3-5-9-16)21-19(23)12-13-22(2)14-17-10-6-7-11-18(17)20/h3-11,15H,12-14H2,1-2H3,(H,21,23). The van der Waals surface area contributed by atoms with E-state index in [4.69, 9.17) is 0 Å². The number of hydrogen-bond donors (Lipinski definition) is 1. The van der Waals surface area contributed by atoms with E-state index in [1.54, 1.807) is 12.1 Å². The molecule has 1 atom stereocenters. The molecule has 1 unspecified atom stereocenters. The third-order valence-corrected chi connectivity index (χ3v) is 3.80.